The largest absolute Gasteiger partial charge is 0.318 e. The number of pyridine rings is 1. The molecule has 5 rings (SSSR count). The zero-order valence-corrected chi connectivity index (χ0v) is 18.5. The minimum absolute atomic E-state index is 0.0171. The Balaban J connectivity index is 1.18. The third-order valence-corrected chi connectivity index (χ3v) is 6.19. The highest BCUT2D eigenvalue weighted by atomic mass is 16.1. The fraction of sp³-hybridized carbons (Fsp3) is 0.269. The number of carbonyl (C=O) groups excluding carboxylic acids is 1. The van der Waals surface area contributed by atoms with Crippen LogP contribution in [0.2, 0.25) is 0 Å². The summed E-state index contributed by atoms with van der Waals surface area (Å²) in [5, 5.41) is 7.58. The summed E-state index contributed by atoms with van der Waals surface area (Å²) < 4.78 is 4.19. The summed E-state index contributed by atoms with van der Waals surface area (Å²) in [5.41, 5.74) is 3.35. The molecule has 1 aliphatic heterocycles. The average Bonchev–Trinajstić information content (AvgIpc) is 3.50. The zero-order chi connectivity index (χ0) is 22.5. The second-order valence-corrected chi connectivity index (χ2v) is 8.46. The molecular formula is C26H28N6O. The molecule has 4 aromatic rings. The van der Waals surface area contributed by atoms with E-state index >= 15 is 0 Å². The van der Waals surface area contributed by atoms with E-state index in [0.717, 1.165) is 49.5 Å². The lowest BCUT2D eigenvalue weighted by molar-refractivity contribution is -0.115. The van der Waals surface area contributed by atoms with Crippen LogP contribution in [0.3, 0.4) is 0 Å². The quantitative estimate of drug-likeness (QED) is 0.470. The number of rotatable bonds is 7. The van der Waals surface area contributed by atoms with E-state index in [1.807, 2.05) is 53.3 Å². The molecule has 1 amide bonds. The predicted octanol–water partition coefficient (Wildman–Crippen LogP) is 4.09. The standard InChI is InChI=1S/C26H28N6O/c33-26(18-21-6-2-1-3-7-21)29-25-10-14-28-32(25)22-11-16-30(17-12-22)20-24-9-5-15-31(24)23-8-4-13-27-19-23/h1-10,13-15,19,22H,11-12,16-18,20H2,(H,29,33). The predicted molar refractivity (Wildman–Crippen MR) is 128 cm³/mol. The van der Waals surface area contributed by atoms with E-state index in [1.165, 1.54) is 5.69 Å². The van der Waals surface area contributed by atoms with Gasteiger partial charge in [-0.15, -0.1) is 0 Å². The number of benzene rings is 1. The van der Waals surface area contributed by atoms with Gasteiger partial charge >= 0.3 is 0 Å². The van der Waals surface area contributed by atoms with Gasteiger partial charge in [0.25, 0.3) is 0 Å². The number of hydrogen-bond acceptors (Lipinski definition) is 4. The van der Waals surface area contributed by atoms with Gasteiger partial charge in [-0.25, -0.2) is 4.68 Å². The van der Waals surface area contributed by atoms with E-state index in [2.05, 4.69) is 49.3 Å². The molecule has 1 aromatic carbocycles. The molecule has 0 radical (unpaired) electrons. The molecule has 1 fully saturated rings. The molecule has 0 saturated carbocycles. The summed E-state index contributed by atoms with van der Waals surface area (Å²) in [6.45, 7) is 2.87. The first kappa shape index (κ1) is 21.2. The van der Waals surface area contributed by atoms with Crippen LogP contribution in [-0.4, -0.2) is 43.2 Å². The normalized spacial score (nSPS) is 14.9. The van der Waals surface area contributed by atoms with Crippen molar-refractivity contribution in [2.24, 2.45) is 0 Å². The molecule has 0 aliphatic carbocycles. The van der Waals surface area contributed by atoms with E-state index in [9.17, 15) is 4.79 Å². The number of aromatic nitrogens is 4. The van der Waals surface area contributed by atoms with Crippen molar-refractivity contribution in [1.29, 1.82) is 0 Å². The van der Waals surface area contributed by atoms with Crippen LogP contribution < -0.4 is 5.32 Å². The summed E-state index contributed by atoms with van der Waals surface area (Å²) in [6, 6.07) is 20.3. The van der Waals surface area contributed by atoms with Crippen molar-refractivity contribution >= 4 is 11.7 Å². The smallest absolute Gasteiger partial charge is 0.229 e. The molecule has 7 nitrogen and oxygen atoms in total. The summed E-state index contributed by atoms with van der Waals surface area (Å²) in [7, 11) is 0. The first-order valence-electron chi connectivity index (χ1n) is 11.4. The van der Waals surface area contributed by atoms with Crippen LogP contribution in [0.4, 0.5) is 5.82 Å². The van der Waals surface area contributed by atoms with Crippen LogP contribution in [0.1, 0.15) is 30.1 Å². The molecule has 1 aliphatic rings. The monoisotopic (exact) mass is 440 g/mol. The van der Waals surface area contributed by atoms with Gasteiger partial charge in [-0.2, -0.15) is 5.10 Å². The Kier molecular flexibility index (Phi) is 6.30. The first-order chi connectivity index (χ1) is 16.3. The van der Waals surface area contributed by atoms with Crippen LogP contribution in [-0.2, 0) is 17.8 Å². The van der Waals surface area contributed by atoms with E-state index in [4.69, 9.17) is 0 Å². The number of amides is 1. The molecule has 0 unspecified atom stereocenters. The Morgan fingerprint density at radius 3 is 2.61 bits per heavy atom. The maximum absolute atomic E-state index is 12.5. The summed E-state index contributed by atoms with van der Waals surface area (Å²) in [5.74, 6) is 0.761. The van der Waals surface area contributed by atoms with E-state index in [1.54, 1.807) is 12.4 Å². The van der Waals surface area contributed by atoms with Gasteiger partial charge in [-0.05, 0) is 42.7 Å². The molecule has 3 aromatic heterocycles. The van der Waals surface area contributed by atoms with Crippen LogP contribution in [0.5, 0.6) is 0 Å². The third-order valence-electron chi connectivity index (χ3n) is 6.19. The Labute approximate surface area is 193 Å². The van der Waals surface area contributed by atoms with Crippen LogP contribution in [0, 0.1) is 0 Å². The number of nitrogens with one attached hydrogen (secondary N) is 1. The number of nitrogens with zero attached hydrogens (tertiary/aromatic N) is 5. The number of piperidine rings is 1. The van der Waals surface area contributed by atoms with E-state index in [-0.39, 0.29) is 11.9 Å². The second-order valence-electron chi connectivity index (χ2n) is 8.46. The maximum Gasteiger partial charge on any atom is 0.229 e. The highest BCUT2D eigenvalue weighted by Gasteiger charge is 2.24. The summed E-state index contributed by atoms with van der Waals surface area (Å²) >= 11 is 0. The second kappa shape index (κ2) is 9.83. The molecule has 0 atom stereocenters. The number of carbonyl (C=O) groups is 1. The molecule has 0 bridgehead atoms. The third kappa shape index (κ3) is 5.04. The molecule has 0 spiro atoms. The van der Waals surface area contributed by atoms with Gasteiger partial charge in [0, 0.05) is 43.8 Å². The Bertz CT molecular complexity index is 1180. The van der Waals surface area contributed by atoms with Gasteiger partial charge in [0.1, 0.15) is 5.82 Å². The fourth-order valence-corrected chi connectivity index (χ4v) is 4.52. The fourth-order valence-electron chi connectivity index (χ4n) is 4.52. The van der Waals surface area contributed by atoms with Gasteiger partial charge in [0.15, 0.2) is 0 Å². The minimum atomic E-state index is -0.0171. The lowest BCUT2D eigenvalue weighted by Gasteiger charge is -2.32. The summed E-state index contributed by atoms with van der Waals surface area (Å²) in [4.78, 5) is 19.3. The zero-order valence-electron chi connectivity index (χ0n) is 18.5. The van der Waals surface area contributed by atoms with Crippen LogP contribution in [0.15, 0.2) is 85.5 Å². The Hall–Kier alpha value is -3.71. The molecule has 1 saturated heterocycles. The highest BCUT2D eigenvalue weighted by molar-refractivity contribution is 5.91. The van der Waals surface area contributed by atoms with Crippen LogP contribution >= 0.6 is 0 Å². The molecule has 1 N–H and O–H groups in total. The van der Waals surface area contributed by atoms with Gasteiger partial charge in [-0.1, -0.05) is 30.3 Å². The van der Waals surface area contributed by atoms with Crippen molar-refractivity contribution in [1.82, 2.24) is 24.2 Å². The lowest BCUT2D eigenvalue weighted by atomic mass is 10.0. The van der Waals surface area contributed by atoms with E-state index < -0.39 is 0 Å². The van der Waals surface area contributed by atoms with E-state index in [0.29, 0.717) is 6.42 Å². The van der Waals surface area contributed by atoms with Gasteiger partial charge < -0.3 is 9.88 Å². The SMILES string of the molecule is O=C(Cc1ccccc1)Nc1ccnn1C1CCN(Cc2cccn2-c2cccnc2)CC1. The minimum Gasteiger partial charge on any atom is -0.318 e. The van der Waals surface area contributed by atoms with Gasteiger partial charge in [0.05, 0.1) is 30.5 Å². The van der Waals surface area contributed by atoms with Crippen molar-refractivity contribution in [3.8, 4) is 5.69 Å². The molecule has 168 valence electrons. The highest BCUT2D eigenvalue weighted by Crippen LogP contribution is 2.26. The molecule has 4 heterocycles. The molecule has 33 heavy (non-hydrogen) atoms. The van der Waals surface area contributed by atoms with Crippen molar-refractivity contribution in [3.05, 3.63) is 96.7 Å². The van der Waals surface area contributed by atoms with Gasteiger partial charge in [-0.3, -0.25) is 14.7 Å². The molecular weight excluding hydrogens is 412 g/mol. The van der Waals surface area contributed by atoms with Crippen molar-refractivity contribution in [3.63, 3.8) is 0 Å². The lowest BCUT2D eigenvalue weighted by Crippen LogP contribution is -2.35. The van der Waals surface area contributed by atoms with Crippen molar-refractivity contribution in [2.75, 3.05) is 18.4 Å². The van der Waals surface area contributed by atoms with Crippen LogP contribution in [0.25, 0.3) is 5.69 Å². The first-order valence-corrected chi connectivity index (χ1v) is 11.4. The number of hydrogen-bond donors (Lipinski definition) is 1. The molecule has 7 heteroatoms. The number of likely N-dealkylation sites (tertiary alicyclic amines) is 1. The van der Waals surface area contributed by atoms with Gasteiger partial charge in [0.2, 0.25) is 5.91 Å². The van der Waals surface area contributed by atoms with Crippen molar-refractivity contribution in [2.45, 2.75) is 31.8 Å². The topological polar surface area (TPSA) is 68.0 Å². The number of anilines is 1. The van der Waals surface area contributed by atoms with Crippen molar-refractivity contribution < 1.29 is 4.79 Å². The average molecular weight is 441 g/mol. The Morgan fingerprint density at radius 1 is 0.970 bits per heavy atom. The maximum atomic E-state index is 12.5. The Morgan fingerprint density at radius 2 is 1.82 bits per heavy atom. The summed E-state index contributed by atoms with van der Waals surface area (Å²) in [6.07, 6.45) is 9.90.